The van der Waals surface area contributed by atoms with Gasteiger partial charge in [0.2, 0.25) is 0 Å². The Hall–Kier alpha value is -0.450. The molecule has 1 heterocycles. The van der Waals surface area contributed by atoms with Crippen molar-refractivity contribution in [2.75, 3.05) is 6.61 Å². The van der Waals surface area contributed by atoms with Gasteiger partial charge in [-0.3, -0.25) is 0 Å². The molecule has 1 aromatic rings. The number of hydrogen-bond acceptors (Lipinski definition) is 4. The SMILES string of the molecule is CCOC(c1nc(C)c(CNC(C)(C)C)s1)C1CC1. The molecule has 3 nitrogen and oxygen atoms in total. The number of aryl methyl sites for hydroxylation is 1. The zero-order valence-electron chi connectivity index (χ0n) is 12.7. The maximum Gasteiger partial charge on any atom is 0.122 e. The molecule has 0 amide bonds. The van der Waals surface area contributed by atoms with Crippen LogP contribution in [0, 0.1) is 12.8 Å². The van der Waals surface area contributed by atoms with Crippen molar-refractivity contribution >= 4 is 11.3 Å². The average Bonchev–Trinajstić information content (AvgIpc) is 3.07. The fourth-order valence-electron chi connectivity index (χ4n) is 2.07. The van der Waals surface area contributed by atoms with Gasteiger partial charge in [0.1, 0.15) is 11.1 Å². The second kappa shape index (κ2) is 5.90. The van der Waals surface area contributed by atoms with Gasteiger partial charge in [-0.1, -0.05) is 0 Å². The minimum Gasteiger partial charge on any atom is -0.371 e. The highest BCUT2D eigenvalue weighted by molar-refractivity contribution is 7.11. The van der Waals surface area contributed by atoms with E-state index in [0.29, 0.717) is 5.92 Å². The Morgan fingerprint density at radius 3 is 2.63 bits per heavy atom. The van der Waals surface area contributed by atoms with E-state index in [1.54, 1.807) is 0 Å². The van der Waals surface area contributed by atoms with Gasteiger partial charge in [-0.05, 0) is 53.4 Å². The van der Waals surface area contributed by atoms with Gasteiger partial charge in [0.25, 0.3) is 0 Å². The third-order valence-corrected chi connectivity index (χ3v) is 4.55. The molecule has 19 heavy (non-hydrogen) atoms. The predicted molar refractivity (Wildman–Crippen MR) is 80.5 cm³/mol. The minimum atomic E-state index is 0.145. The van der Waals surface area contributed by atoms with Gasteiger partial charge in [-0.25, -0.2) is 4.98 Å². The Labute approximate surface area is 120 Å². The molecule has 1 fully saturated rings. The molecule has 1 atom stereocenters. The standard InChI is InChI=1S/C15H26N2OS/c1-6-18-13(11-7-8-11)14-17-10(2)12(19-14)9-16-15(3,4)5/h11,13,16H,6-9H2,1-5H3. The van der Waals surface area contributed by atoms with Gasteiger partial charge in [-0.2, -0.15) is 0 Å². The molecule has 1 aliphatic rings. The zero-order valence-corrected chi connectivity index (χ0v) is 13.6. The van der Waals surface area contributed by atoms with Gasteiger partial charge < -0.3 is 10.1 Å². The lowest BCUT2D eigenvalue weighted by Crippen LogP contribution is -2.34. The van der Waals surface area contributed by atoms with E-state index in [2.05, 4.69) is 39.9 Å². The van der Waals surface area contributed by atoms with Crippen LogP contribution >= 0.6 is 11.3 Å². The van der Waals surface area contributed by atoms with E-state index in [0.717, 1.165) is 18.8 Å². The topological polar surface area (TPSA) is 34.1 Å². The maximum absolute atomic E-state index is 5.89. The molecule has 1 unspecified atom stereocenters. The predicted octanol–water partition coefficient (Wildman–Crippen LogP) is 3.83. The average molecular weight is 282 g/mol. The summed E-state index contributed by atoms with van der Waals surface area (Å²) in [5.41, 5.74) is 1.30. The van der Waals surface area contributed by atoms with Gasteiger partial charge in [0, 0.05) is 23.6 Å². The van der Waals surface area contributed by atoms with Crippen molar-refractivity contribution in [3.05, 3.63) is 15.6 Å². The van der Waals surface area contributed by atoms with Gasteiger partial charge in [0.15, 0.2) is 0 Å². The first-order chi connectivity index (χ1) is 8.90. The number of rotatable bonds is 6. The van der Waals surface area contributed by atoms with Crippen LogP contribution in [0.1, 0.15) is 62.2 Å². The Morgan fingerprint density at radius 2 is 2.11 bits per heavy atom. The molecule has 1 aromatic heterocycles. The number of ether oxygens (including phenoxy) is 1. The van der Waals surface area contributed by atoms with E-state index in [1.165, 1.54) is 22.7 Å². The fourth-order valence-corrected chi connectivity index (χ4v) is 3.22. The van der Waals surface area contributed by atoms with Gasteiger partial charge >= 0.3 is 0 Å². The van der Waals surface area contributed by atoms with Crippen molar-refractivity contribution in [1.29, 1.82) is 0 Å². The van der Waals surface area contributed by atoms with E-state index >= 15 is 0 Å². The lowest BCUT2D eigenvalue weighted by Gasteiger charge is -2.20. The highest BCUT2D eigenvalue weighted by Gasteiger charge is 2.35. The molecule has 0 radical (unpaired) electrons. The Morgan fingerprint density at radius 1 is 1.42 bits per heavy atom. The van der Waals surface area contributed by atoms with E-state index < -0.39 is 0 Å². The number of aromatic nitrogens is 1. The molecule has 1 aliphatic carbocycles. The van der Waals surface area contributed by atoms with Crippen molar-refractivity contribution in [3.8, 4) is 0 Å². The number of nitrogens with one attached hydrogen (secondary N) is 1. The molecular formula is C15H26N2OS. The Bertz CT molecular complexity index is 418. The van der Waals surface area contributed by atoms with Crippen molar-refractivity contribution in [2.24, 2.45) is 5.92 Å². The van der Waals surface area contributed by atoms with Crippen LogP contribution in [0.25, 0.3) is 0 Å². The van der Waals surface area contributed by atoms with E-state index in [1.807, 2.05) is 11.3 Å². The van der Waals surface area contributed by atoms with Crippen LogP contribution in [0.3, 0.4) is 0 Å². The monoisotopic (exact) mass is 282 g/mol. The second-order valence-electron chi connectivity index (χ2n) is 6.38. The highest BCUT2D eigenvalue weighted by atomic mass is 32.1. The van der Waals surface area contributed by atoms with Crippen LogP contribution in [0.5, 0.6) is 0 Å². The lowest BCUT2D eigenvalue weighted by atomic mass is 10.1. The van der Waals surface area contributed by atoms with Gasteiger partial charge in [-0.15, -0.1) is 11.3 Å². The highest BCUT2D eigenvalue weighted by Crippen LogP contribution is 2.44. The molecular weight excluding hydrogens is 256 g/mol. The summed E-state index contributed by atoms with van der Waals surface area (Å²) in [4.78, 5) is 6.09. The first kappa shape index (κ1) is 14.9. The fraction of sp³-hybridized carbons (Fsp3) is 0.800. The lowest BCUT2D eigenvalue weighted by molar-refractivity contribution is 0.0461. The first-order valence-electron chi connectivity index (χ1n) is 7.23. The third kappa shape index (κ3) is 4.26. The van der Waals surface area contributed by atoms with Crippen LogP contribution in [-0.4, -0.2) is 17.1 Å². The summed E-state index contributed by atoms with van der Waals surface area (Å²) in [6.45, 7) is 12.4. The van der Waals surface area contributed by atoms with Crippen molar-refractivity contribution in [3.63, 3.8) is 0 Å². The molecule has 0 saturated heterocycles. The number of hydrogen-bond donors (Lipinski definition) is 1. The van der Waals surface area contributed by atoms with Crippen molar-refractivity contribution < 1.29 is 4.74 Å². The summed E-state index contributed by atoms with van der Waals surface area (Å²) in [6.07, 6.45) is 2.81. The summed E-state index contributed by atoms with van der Waals surface area (Å²) in [5.74, 6) is 0.703. The van der Waals surface area contributed by atoms with Crippen LogP contribution in [0.4, 0.5) is 0 Å². The summed E-state index contributed by atoms with van der Waals surface area (Å²) in [5, 5.41) is 4.71. The van der Waals surface area contributed by atoms with Crippen LogP contribution in [0.15, 0.2) is 0 Å². The maximum atomic E-state index is 5.89. The van der Waals surface area contributed by atoms with E-state index in [4.69, 9.17) is 9.72 Å². The number of thiazole rings is 1. The zero-order chi connectivity index (χ0) is 14.0. The molecule has 0 bridgehead atoms. The normalized spacial score (nSPS) is 17.7. The summed E-state index contributed by atoms with van der Waals surface area (Å²) < 4.78 is 5.89. The molecule has 108 valence electrons. The van der Waals surface area contributed by atoms with E-state index in [9.17, 15) is 0 Å². The molecule has 1 saturated carbocycles. The van der Waals surface area contributed by atoms with Crippen molar-refractivity contribution in [2.45, 2.75) is 65.6 Å². The third-order valence-electron chi connectivity index (χ3n) is 3.33. The summed E-state index contributed by atoms with van der Waals surface area (Å²) in [7, 11) is 0. The molecule has 0 spiro atoms. The summed E-state index contributed by atoms with van der Waals surface area (Å²) in [6, 6.07) is 0. The smallest absolute Gasteiger partial charge is 0.122 e. The molecule has 1 N–H and O–H groups in total. The van der Waals surface area contributed by atoms with Crippen LogP contribution < -0.4 is 5.32 Å². The Kier molecular flexibility index (Phi) is 4.64. The molecule has 0 aliphatic heterocycles. The van der Waals surface area contributed by atoms with Crippen LogP contribution in [0.2, 0.25) is 0 Å². The first-order valence-corrected chi connectivity index (χ1v) is 8.05. The molecule has 0 aromatic carbocycles. The molecule has 4 heteroatoms. The number of nitrogens with zero attached hydrogens (tertiary/aromatic N) is 1. The quantitative estimate of drug-likeness (QED) is 0.861. The van der Waals surface area contributed by atoms with Crippen LogP contribution in [-0.2, 0) is 11.3 Å². The van der Waals surface area contributed by atoms with Gasteiger partial charge in [0.05, 0.1) is 5.69 Å². The minimum absolute atomic E-state index is 0.145. The second-order valence-corrected chi connectivity index (χ2v) is 7.49. The van der Waals surface area contributed by atoms with Crippen molar-refractivity contribution in [1.82, 2.24) is 10.3 Å². The Balaban J connectivity index is 2.06. The van der Waals surface area contributed by atoms with E-state index in [-0.39, 0.29) is 11.6 Å². The molecule has 2 rings (SSSR count). The summed E-state index contributed by atoms with van der Waals surface area (Å²) >= 11 is 1.82. The largest absolute Gasteiger partial charge is 0.371 e.